The predicted molar refractivity (Wildman–Crippen MR) is 127 cm³/mol. The average Bonchev–Trinajstić information content (AvgIpc) is 2.77. The molecular weight excluding hydrogens is 439 g/mol. The van der Waals surface area contributed by atoms with Crippen LogP contribution in [-0.2, 0) is 13.0 Å². The minimum absolute atomic E-state index is 0.241. The van der Waals surface area contributed by atoms with Crippen molar-refractivity contribution in [2.24, 2.45) is 0 Å². The smallest absolute Gasteiger partial charge is 0.348 e. The van der Waals surface area contributed by atoms with Gasteiger partial charge in [0.05, 0.1) is 5.92 Å². The van der Waals surface area contributed by atoms with Crippen LogP contribution in [0.25, 0.3) is 6.08 Å². The molecule has 0 aliphatic rings. The molecule has 0 aliphatic carbocycles. The van der Waals surface area contributed by atoms with E-state index in [9.17, 15) is 18.0 Å². The summed E-state index contributed by atoms with van der Waals surface area (Å²) < 4.78 is 41.8. The molecule has 1 N–H and O–H groups in total. The summed E-state index contributed by atoms with van der Waals surface area (Å²) >= 11 is 0. The standard InChI is InChI=1S/C27H28F3N3O/c1-4-5-21-10-18(2)11-23(13-21)25(27(28,29)30)9-7-20-6-8-24(19(3)12-20)26(34)33-16-22-14-31-17-32-15-22/h6-15,17,25H,4-5,16H2,1-3H3,(H,33,34)/b9-7+. The van der Waals surface area contributed by atoms with Crippen molar-refractivity contribution in [3.8, 4) is 0 Å². The molecule has 0 aliphatic heterocycles. The normalized spacial score (nSPS) is 12.6. The van der Waals surface area contributed by atoms with E-state index in [1.165, 1.54) is 18.5 Å². The third kappa shape index (κ3) is 6.76. The van der Waals surface area contributed by atoms with E-state index in [0.717, 1.165) is 29.5 Å². The summed E-state index contributed by atoms with van der Waals surface area (Å²) in [6.07, 6.45) is 4.49. The molecule has 0 fully saturated rings. The van der Waals surface area contributed by atoms with Crippen LogP contribution >= 0.6 is 0 Å². The minimum Gasteiger partial charge on any atom is -0.348 e. The second-order valence-corrected chi connectivity index (χ2v) is 8.38. The van der Waals surface area contributed by atoms with Crippen molar-refractivity contribution in [2.45, 2.75) is 52.3 Å². The Bertz CT molecular complexity index is 1160. The number of carbonyl (C=O) groups excluding carboxylic acids is 1. The number of rotatable bonds is 8. The van der Waals surface area contributed by atoms with Crippen molar-refractivity contribution in [1.82, 2.24) is 15.3 Å². The van der Waals surface area contributed by atoms with Gasteiger partial charge in [0.25, 0.3) is 5.91 Å². The van der Waals surface area contributed by atoms with Gasteiger partial charge in [-0.05, 0) is 48.6 Å². The summed E-state index contributed by atoms with van der Waals surface area (Å²) in [7, 11) is 0. The molecule has 1 unspecified atom stereocenters. The van der Waals surface area contributed by atoms with Gasteiger partial charge in [-0.25, -0.2) is 9.97 Å². The van der Waals surface area contributed by atoms with E-state index in [4.69, 9.17) is 0 Å². The van der Waals surface area contributed by atoms with Gasteiger partial charge in [-0.2, -0.15) is 13.2 Å². The van der Waals surface area contributed by atoms with Crippen molar-refractivity contribution >= 4 is 12.0 Å². The quantitative estimate of drug-likeness (QED) is 0.421. The zero-order valence-electron chi connectivity index (χ0n) is 19.5. The first-order valence-electron chi connectivity index (χ1n) is 11.2. The van der Waals surface area contributed by atoms with Gasteiger partial charge in [-0.3, -0.25) is 4.79 Å². The highest BCUT2D eigenvalue weighted by Crippen LogP contribution is 2.37. The van der Waals surface area contributed by atoms with Crippen molar-refractivity contribution in [2.75, 3.05) is 0 Å². The first-order chi connectivity index (χ1) is 16.2. The average molecular weight is 468 g/mol. The van der Waals surface area contributed by atoms with Gasteiger partial charge in [0.15, 0.2) is 0 Å². The van der Waals surface area contributed by atoms with Crippen LogP contribution in [0.4, 0.5) is 13.2 Å². The minimum atomic E-state index is -4.41. The van der Waals surface area contributed by atoms with Gasteiger partial charge in [0.1, 0.15) is 6.33 Å². The fourth-order valence-electron chi connectivity index (χ4n) is 3.87. The molecule has 0 spiro atoms. The third-order valence-electron chi connectivity index (χ3n) is 5.45. The molecule has 0 radical (unpaired) electrons. The lowest BCUT2D eigenvalue weighted by Crippen LogP contribution is -2.23. The van der Waals surface area contributed by atoms with E-state index >= 15 is 0 Å². The first-order valence-corrected chi connectivity index (χ1v) is 11.2. The highest BCUT2D eigenvalue weighted by atomic mass is 19.4. The Morgan fingerprint density at radius 2 is 1.79 bits per heavy atom. The summed E-state index contributed by atoms with van der Waals surface area (Å²) in [5, 5.41) is 2.80. The molecule has 3 rings (SSSR count). The number of aromatic nitrogens is 2. The summed E-state index contributed by atoms with van der Waals surface area (Å²) in [5.74, 6) is -1.98. The lowest BCUT2D eigenvalue weighted by atomic mass is 9.92. The van der Waals surface area contributed by atoms with Gasteiger partial charge in [0, 0.05) is 30.1 Å². The molecule has 0 bridgehead atoms. The lowest BCUT2D eigenvalue weighted by molar-refractivity contribution is -0.139. The Hall–Kier alpha value is -3.48. The lowest BCUT2D eigenvalue weighted by Gasteiger charge is -2.19. The second kappa shape index (κ2) is 11.1. The highest BCUT2D eigenvalue weighted by Gasteiger charge is 2.39. The number of benzene rings is 2. The van der Waals surface area contributed by atoms with Crippen LogP contribution in [0, 0.1) is 13.8 Å². The zero-order chi connectivity index (χ0) is 24.7. The largest absolute Gasteiger partial charge is 0.399 e. The van der Waals surface area contributed by atoms with Gasteiger partial charge in [-0.15, -0.1) is 0 Å². The molecule has 1 heterocycles. The molecule has 2 aromatic carbocycles. The number of nitrogens with one attached hydrogen (secondary N) is 1. The van der Waals surface area contributed by atoms with E-state index < -0.39 is 12.1 Å². The number of hydrogen-bond acceptors (Lipinski definition) is 3. The summed E-state index contributed by atoms with van der Waals surface area (Å²) in [4.78, 5) is 20.3. The molecule has 7 heteroatoms. The Balaban J connectivity index is 1.78. The van der Waals surface area contributed by atoms with Gasteiger partial charge in [0.2, 0.25) is 0 Å². The van der Waals surface area contributed by atoms with E-state index in [-0.39, 0.29) is 18.0 Å². The van der Waals surface area contributed by atoms with E-state index in [1.54, 1.807) is 49.6 Å². The summed E-state index contributed by atoms with van der Waals surface area (Å²) in [6, 6.07) is 10.2. The summed E-state index contributed by atoms with van der Waals surface area (Å²) in [5.41, 5.74) is 4.47. The van der Waals surface area contributed by atoms with Crippen molar-refractivity contribution < 1.29 is 18.0 Å². The van der Waals surface area contributed by atoms with E-state index in [1.807, 2.05) is 19.9 Å². The predicted octanol–water partition coefficient (Wildman–Crippen LogP) is 6.34. The molecule has 4 nitrogen and oxygen atoms in total. The van der Waals surface area contributed by atoms with Crippen molar-refractivity contribution in [3.63, 3.8) is 0 Å². The summed E-state index contributed by atoms with van der Waals surface area (Å²) in [6.45, 7) is 5.87. The molecule has 3 aromatic rings. The molecule has 1 aromatic heterocycles. The second-order valence-electron chi connectivity index (χ2n) is 8.38. The number of allylic oxidation sites excluding steroid dienone is 1. The number of hydrogen-bond donors (Lipinski definition) is 1. The maximum atomic E-state index is 13.9. The van der Waals surface area contributed by atoms with E-state index in [2.05, 4.69) is 15.3 Å². The molecule has 34 heavy (non-hydrogen) atoms. The molecule has 178 valence electrons. The van der Waals surface area contributed by atoms with Gasteiger partial charge >= 0.3 is 6.18 Å². The number of aryl methyl sites for hydroxylation is 3. The number of alkyl halides is 3. The first kappa shape index (κ1) is 25.1. The maximum Gasteiger partial charge on any atom is 0.399 e. The van der Waals surface area contributed by atoms with Gasteiger partial charge in [-0.1, -0.05) is 61.4 Å². The van der Waals surface area contributed by atoms with Crippen LogP contribution < -0.4 is 5.32 Å². The molecule has 0 saturated carbocycles. The number of carbonyl (C=O) groups is 1. The van der Waals surface area contributed by atoms with Crippen LogP contribution in [0.3, 0.4) is 0 Å². The SMILES string of the molecule is CCCc1cc(C)cc(C(/C=C/c2ccc(C(=O)NCc3cncnc3)c(C)c2)C(F)(F)F)c1. The van der Waals surface area contributed by atoms with Crippen LogP contribution in [-0.4, -0.2) is 22.1 Å². The Kier molecular flexibility index (Phi) is 8.21. The Morgan fingerprint density at radius 3 is 2.44 bits per heavy atom. The van der Waals surface area contributed by atoms with Crippen LogP contribution in [0.2, 0.25) is 0 Å². The molecular formula is C27H28F3N3O. The number of nitrogens with zero attached hydrogens (tertiary/aromatic N) is 2. The third-order valence-corrected chi connectivity index (χ3v) is 5.45. The van der Waals surface area contributed by atoms with Crippen LogP contribution in [0.1, 0.15) is 63.0 Å². The Labute approximate surface area is 198 Å². The molecule has 1 amide bonds. The van der Waals surface area contributed by atoms with E-state index in [0.29, 0.717) is 16.7 Å². The zero-order valence-corrected chi connectivity index (χ0v) is 19.5. The fourth-order valence-corrected chi connectivity index (χ4v) is 3.87. The van der Waals surface area contributed by atoms with Crippen molar-refractivity contribution in [1.29, 1.82) is 0 Å². The monoisotopic (exact) mass is 467 g/mol. The van der Waals surface area contributed by atoms with Crippen LogP contribution in [0.5, 0.6) is 0 Å². The fraction of sp³-hybridized carbons (Fsp3) is 0.296. The Morgan fingerprint density at radius 1 is 1.06 bits per heavy atom. The van der Waals surface area contributed by atoms with Crippen LogP contribution in [0.15, 0.2) is 61.2 Å². The molecule has 0 saturated heterocycles. The molecule has 1 atom stereocenters. The highest BCUT2D eigenvalue weighted by molar-refractivity contribution is 5.95. The maximum absolute atomic E-state index is 13.9. The van der Waals surface area contributed by atoms with Gasteiger partial charge < -0.3 is 5.32 Å². The van der Waals surface area contributed by atoms with Crippen molar-refractivity contribution in [3.05, 3.63) is 100 Å². The number of amides is 1. The number of halogens is 3. The topological polar surface area (TPSA) is 54.9 Å².